The largest absolute Gasteiger partial charge is 0.416 e. The predicted octanol–water partition coefficient (Wildman–Crippen LogP) is 4.70. The van der Waals surface area contributed by atoms with Gasteiger partial charge in [0.15, 0.2) is 11.0 Å². The minimum atomic E-state index is -4.53. The van der Waals surface area contributed by atoms with Crippen LogP contribution in [-0.2, 0) is 20.3 Å². The molecule has 0 N–H and O–H groups in total. The molecule has 1 saturated carbocycles. The summed E-state index contributed by atoms with van der Waals surface area (Å²) in [6.45, 7) is 2.66. The van der Waals surface area contributed by atoms with Gasteiger partial charge in [-0.1, -0.05) is 17.8 Å². The number of benzene rings is 1. The third-order valence-electron chi connectivity index (χ3n) is 7.40. The average molecular weight is 522 g/mol. The van der Waals surface area contributed by atoms with Crippen LogP contribution in [0.3, 0.4) is 0 Å². The predicted molar refractivity (Wildman–Crippen MR) is 129 cm³/mol. The molecule has 0 amide bonds. The molecule has 1 spiro atoms. The van der Waals surface area contributed by atoms with Gasteiger partial charge in [-0.3, -0.25) is 4.79 Å². The Morgan fingerprint density at radius 3 is 2.69 bits per heavy atom. The van der Waals surface area contributed by atoms with Gasteiger partial charge in [0.1, 0.15) is 5.82 Å². The van der Waals surface area contributed by atoms with Gasteiger partial charge in [0.05, 0.1) is 5.56 Å². The highest BCUT2D eigenvalue weighted by Gasteiger charge is 2.58. The van der Waals surface area contributed by atoms with E-state index in [4.69, 9.17) is 0 Å². The van der Waals surface area contributed by atoms with E-state index in [1.807, 2.05) is 17.7 Å². The average Bonchev–Trinajstić information content (AvgIpc) is 3.15. The van der Waals surface area contributed by atoms with Gasteiger partial charge in [-0.2, -0.15) is 13.2 Å². The van der Waals surface area contributed by atoms with Crippen LogP contribution in [0, 0.1) is 11.2 Å². The molecule has 2 aromatic heterocycles. The Bertz CT molecular complexity index is 1340. The van der Waals surface area contributed by atoms with E-state index in [0.717, 1.165) is 61.4 Å². The Kier molecular flexibility index (Phi) is 6.48. The molecule has 2 atom stereocenters. The first-order chi connectivity index (χ1) is 17.1. The number of nitrogens with zero attached hydrogens (tertiary/aromatic N) is 5. The van der Waals surface area contributed by atoms with E-state index in [2.05, 4.69) is 15.1 Å². The van der Waals surface area contributed by atoms with E-state index in [9.17, 15) is 22.4 Å². The molecule has 3 aromatic rings. The molecular weight excluding hydrogens is 494 g/mol. The maximum absolute atomic E-state index is 14.4. The van der Waals surface area contributed by atoms with E-state index in [1.165, 1.54) is 10.6 Å². The smallest absolute Gasteiger partial charge is 0.319 e. The second kappa shape index (κ2) is 9.33. The highest BCUT2D eigenvalue weighted by atomic mass is 32.2. The van der Waals surface area contributed by atoms with E-state index < -0.39 is 17.6 Å². The number of aryl methyl sites for hydroxylation is 1. The molecule has 6 nitrogen and oxygen atoms in total. The minimum Gasteiger partial charge on any atom is -0.319 e. The second-order valence-electron chi connectivity index (χ2n) is 9.81. The zero-order valence-corrected chi connectivity index (χ0v) is 20.9. The molecular formula is C25H27F4N5OS. The van der Waals surface area contributed by atoms with Crippen molar-refractivity contribution in [2.24, 2.45) is 19.5 Å². The Morgan fingerprint density at radius 2 is 1.97 bits per heavy atom. The molecule has 2 fully saturated rings. The maximum atomic E-state index is 14.4. The molecule has 0 unspecified atom stereocenters. The Morgan fingerprint density at radius 1 is 1.17 bits per heavy atom. The summed E-state index contributed by atoms with van der Waals surface area (Å²) in [5.41, 5.74) is 0.0820. The molecule has 5 rings (SSSR count). The molecule has 0 radical (unpaired) electrons. The van der Waals surface area contributed by atoms with Gasteiger partial charge in [0.2, 0.25) is 0 Å². The lowest BCUT2D eigenvalue weighted by Gasteiger charge is -2.16. The number of thioether (sulfide) groups is 1. The lowest BCUT2D eigenvalue weighted by molar-refractivity contribution is -0.137. The molecule has 36 heavy (non-hydrogen) atoms. The van der Waals surface area contributed by atoms with Crippen LogP contribution in [0.2, 0.25) is 0 Å². The van der Waals surface area contributed by atoms with E-state index in [0.29, 0.717) is 17.5 Å². The fraction of sp³-hybridized carbons (Fsp3) is 0.480. The molecule has 11 heteroatoms. The van der Waals surface area contributed by atoms with Gasteiger partial charge < -0.3 is 14.0 Å². The van der Waals surface area contributed by atoms with E-state index >= 15 is 0 Å². The van der Waals surface area contributed by atoms with Crippen molar-refractivity contribution in [3.05, 3.63) is 63.8 Å². The first-order valence-electron chi connectivity index (χ1n) is 11.9. The van der Waals surface area contributed by atoms with Crippen LogP contribution >= 0.6 is 11.8 Å². The number of pyridine rings is 1. The summed E-state index contributed by atoms with van der Waals surface area (Å²) < 4.78 is 56.4. The van der Waals surface area contributed by atoms with Gasteiger partial charge in [0.25, 0.3) is 5.56 Å². The maximum Gasteiger partial charge on any atom is 0.416 e. The molecule has 1 aliphatic heterocycles. The van der Waals surface area contributed by atoms with Gasteiger partial charge >= 0.3 is 6.18 Å². The van der Waals surface area contributed by atoms with Crippen LogP contribution in [0.25, 0.3) is 11.4 Å². The number of halogens is 4. The van der Waals surface area contributed by atoms with Gasteiger partial charge in [-0.05, 0) is 67.4 Å². The van der Waals surface area contributed by atoms with E-state index in [1.54, 1.807) is 31.1 Å². The zero-order valence-electron chi connectivity index (χ0n) is 20.1. The SMILES string of the molecule is Cn1c(SCCCN2CC[C@]3(C[C@@H]3c3ccc(C(F)(F)F)cc3F)C2)nnc1-c1ccn(C)c(=O)c1. The fourth-order valence-electron chi connectivity index (χ4n) is 5.23. The summed E-state index contributed by atoms with van der Waals surface area (Å²) in [5, 5.41) is 9.29. The first kappa shape index (κ1) is 25.0. The summed E-state index contributed by atoms with van der Waals surface area (Å²) in [7, 11) is 3.58. The normalized spacial score (nSPS) is 22.0. The van der Waals surface area contributed by atoms with Crippen LogP contribution in [0.4, 0.5) is 17.6 Å². The molecule has 192 valence electrons. The van der Waals surface area contributed by atoms with Crippen molar-refractivity contribution in [3.8, 4) is 11.4 Å². The van der Waals surface area contributed by atoms with Crippen molar-refractivity contribution >= 4 is 11.8 Å². The summed E-state index contributed by atoms with van der Waals surface area (Å²) in [6.07, 6.45) is -0.124. The van der Waals surface area contributed by atoms with Crippen LogP contribution in [0.1, 0.15) is 36.3 Å². The van der Waals surface area contributed by atoms with Gasteiger partial charge in [-0.25, -0.2) is 4.39 Å². The Labute approximate surface area is 210 Å². The minimum absolute atomic E-state index is 0.00830. The first-order valence-corrected chi connectivity index (χ1v) is 12.8. The summed E-state index contributed by atoms with van der Waals surface area (Å²) in [5.74, 6) is 0.738. The lowest BCUT2D eigenvalue weighted by atomic mass is 9.97. The van der Waals surface area contributed by atoms with Crippen LogP contribution in [0.15, 0.2) is 46.5 Å². The molecule has 0 bridgehead atoms. The van der Waals surface area contributed by atoms with Crippen molar-refractivity contribution in [2.45, 2.75) is 36.5 Å². The van der Waals surface area contributed by atoms with Crippen LogP contribution in [-0.4, -0.2) is 49.6 Å². The molecule has 1 saturated heterocycles. The second-order valence-corrected chi connectivity index (χ2v) is 10.9. The number of hydrogen-bond donors (Lipinski definition) is 0. The van der Waals surface area contributed by atoms with Crippen molar-refractivity contribution in [1.29, 1.82) is 0 Å². The van der Waals surface area contributed by atoms with Crippen LogP contribution < -0.4 is 5.56 Å². The third kappa shape index (κ3) is 4.82. The Balaban J connectivity index is 1.11. The zero-order chi connectivity index (χ0) is 25.7. The topological polar surface area (TPSA) is 56.0 Å². The lowest BCUT2D eigenvalue weighted by Crippen LogP contribution is -2.23. The van der Waals surface area contributed by atoms with Crippen molar-refractivity contribution in [2.75, 3.05) is 25.4 Å². The highest BCUT2D eigenvalue weighted by Crippen LogP contribution is 2.64. The fourth-order valence-corrected chi connectivity index (χ4v) is 6.07. The standard InChI is InChI=1S/C25H27F4N5OS/c1-32-9-6-16(12-21(32)35)22-30-31-23(33(22)2)36-11-3-8-34-10-7-24(15-34)14-19(24)18-5-4-17(13-20(18)26)25(27,28)29/h4-6,9,12-13,19H,3,7-8,10-11,14-15H2,1-2H3/t19-,24+/m1/s1. The Hall–Kier alpha value is -2.66. The number of aromatic nitrogens is 4. The quantitative estimate of drug-likeness (QED) is 0.256. The summed E-state index contributed by atoms with van der Waals surface area (Å²) in [4.78, 5) is 14.3. The summed E-state index contributed by atoms with van der Waals surface area (Å²) >= 11 is 1.61. The summed E-state index contributed by atoms with van der Waals surface area (Å²) in [6, 6.07) is 6.32. The van der Waals surface area contributed by atoms with Crippen molar-refractivity contribution in [3.63, 3.8) is 0 Å². The number of rotatable bonds is 7. The van der Waals surface area contributed by atoms with Crippen molar-refractivity contribution < 1.29 is 17.6 Å². The van der Waals surface area contributed by atoms with Crippen molar-refractivity contribution in [1.82, 2.24) is 24.2 Å². The molecule has 1 aromatic carbocycles. The molecule has 2 aliphatic rings. The molecule has 3 heterocycles. The number of hydrogen-bond acceptors (Lipinski definition) is 5. The monoisotopic (exact) mass is 521 g/mol. The molecule has 1 aliphatic carbocycles. The van der Waals surface area contributed by atoms with Gasteiger partial charge in [0, 0.05) is 44.2 Å². The van der Waals surface area contributed by atoms with Gasteiger partial charge in [-0.15, -0.1) is 10.2 Å². The number of alkyl halides is 3. The third-order valence-corrected chi connectivity index (χ3v) is 8.51. The van der Waals surface area contributed by atoms with E-state index in [-0.39, 0.29) is 16.9 Å². The highest BCUT2D eigenvalue weighted by molar-refractivity contribution is 7.99. The van der Waals surface area contributed by atoms with Crippen LogP contribution in [0.5, 0.6) is 0 Å². The number of likely N-dealkylation sites (tertiary alicyclic amines) is 1.